The van der Waals surface area contributed by atoms with E-state index in [0.29, 0.717) is 5.56 Å². The van der Waals surface area contributed by atoms with E-state index in [-0.39, 0.29) is 17.6 Å². The molecular weight excluding hydrogens is 262 g/mol. The van der Waals surface area contributed by atoms with Gasteiger partial charge in [-0.1, -0.05) is 39.0 Å². The topological polar surface area (TPSA) is 66.4 Å². The Kier molecular flexibility index (Phi) is 4.63. The van der Waals surface area contributed by atoms with E-state index in [1.165, 1.54) is 6.26 Å². The van der Waals surface area contributed by atoms with Crippen LogP contribution in [0.4, 0.5) is 0 Å². The Hall–Kier alpha value is -1.07. The number of aromatic hydroxyl groups is 1. The van der Waals surface area contributed by atoms with Gasteiger partial charge in [-0.15, -0.1) is 0 Å². The molecule has 1 rings (SSSR count). The molecule has 0 amide bonds. The second-order valence-electron chi connectivity index (χ2n) is 5.87. The lowest BCUT2D eigenvalue weighted by Crippen LogP contribution is -2.35. The molecule has 1 aromatic carbocycles. The first kappa shape index (κ1) is 16.0. The van der Waals surface area contributed by atoms with Gasteiger partial charge in [0.05, 0.1) is 0 Å². The summed E-state index contributed by atoms with van der Waals surface area (Å²) in [6.45, 7) is 6.04. The van der Waals surface area contributed by atoms with Crippen LogP contribution >= 0.6 is 0 Å². The summed E-state index contributed by atoms with van der Waals surface area (Å²) >= 11 is 0. The number of rotatable bonds is 4. The van der Waals surface area contributed by atoms with Crippen LogP contribution in [0.15, 0.2) is 18.2 Å². The van der Waals surface area contributed by atoms with Gasteiger partial charge in [0.25, 0.3) is 0 Å². The average molecular weight is 285 g/mol. The minimum Gasteiger partial charge on any atom is -0.507 e. The number of hydrogen-bond donors (Lipinski definition) is 2. The minimum absolute atomic E-state index is 0.180. The molecule has 0 aliphatic carbocycles. The van der Waals surface area contributed by atoms with Crippen LogP contribution in [0, 0.1) is 0 Å². The quantitative estimate of drug-likeness (QED) is 0.885. The van der Waals surface area contributed by atoms with E-state index >= 15 is 0 Å². The number of para-hydroxylation sites is 1. The van der Waals surface area contributed by atoms with Crippen LogP contribution in [0.1, 0.15) is 31.9 Å². The van der Waals surface area contributed by atoms with Gasteiger partial charge in [-0.05, 0) is 23.6 Å². The van der Waals surface area contributed by atoms with Gasteiger partial charge in [-0.25, -0.2) is 8.42 Å². The number of nitrogens with one attached hydrogen (secondary N) is 1. The Morgan fingerprint density at radius 3 is 2.32 bits per heavy atom. The fourth-order valence-corrected chi connectivity index (χ4v) is 2.94. The second kappa shape index (κ2) is 5.51. The van der Waals surface area contributed by atoms with Crippen molar-refractivity contribution in [2.75, 3.05) is 13.3 Å². The fourth-order valence-electron chi connectivity index (χ4n) is 2.03. The van der Waals surface area contributed by atoms with Crippen molar-refractivity contribution >= 4 is 9.84 Å². The van der Waals surface area contributed by atoms with E-state index < -0.39 is 15.2 Å². The summed E-state index contributed by atoms with van der Waals surface area (Å²) < 4.78 is 23.2. The lowest BCUT2D eigenvalue weighted by atomic mass is 9.85. The third-order valence-electron chi connectivity index (χ3n) is 3.17. The summed E-state index contributed by atoms with van der Waals surface area (Å²) in [5, 5.41) is 12.4. The van der Waals surface area contributed by atoms with Gasteiger partial charge in [-0.3, -0.25) is 0 Å². The van der Waals surface area contributed by atoms with Crippen molar-refractivity contribution in [1.82, 2.24) is 5.32 Å². The van der Waals surface area contributed by atoms with E-state index in [4.69, 9.17) is 0 Å². The zero-order valence-electron chi connectivity index (χ0n) is 12.2. The predicted octanol–water partition coefficient (Wildman–Crippen LogP) is 1.82. The molecule has 0 bridgehead atoms. The largest absolute Gasteiger partial charge is 0.507 e. The van der Waals surface area contributed by atoms with Crippen LogP contribution in [0.2, 0.25) is 0 Å². The number of likely N-dealkylation sites (N-methyl/N-ethyl adjacent to an activating group) is 1. The normalized spacial score (nSPS) is 14.4. The Morgan fingerprint density at radius 1 is 1.32 bits per heavy atom. The third kappa shape index (κ3) is 3.94. The monoisotopic (exact) mass is 285 g/mol. The minimum atomic E-state index is -3.20. The number of phenolic OH excluding ortho intramolecular Hbond substituents is 1. The lowest BCUT2D eigenvalue weighted by molar-refractivity contribution is 0.438. The Balaban J connectivity index is 3.17. The first-order valence-electron chi connectivity index (χ1n) is 6.25. The summed E-state index contributed by atoms with van der Waals surface area (Å²) in [4.78, 5) is 0. The van der Waals surface area contributed by atoms with E-state index in [0.717, 1.165) is 5.56 Å². The van der Waals surface area contributed by atoms with Gasteiger partial charge < -0.3 is 10.4 Å². The number of sulfone groups is 1. The standard InChI is InChI=1S/C14H23NO3S/c1-14(2,3)11-8-6-7-10(13(11)16)9-12(15-4)19(5,17)18/h6-8,12,15-16H,9H2,1-5H3. The summed E-state index contributed by atoms with van der Waals surface area (Å²) in [5.74, 6) is 0.193. The smallest absolute Gasteiger partial charge is 0.163 e. The molecule has 0 aliphatic rings. The van der Waals surface area contributed by atoms with Crippen molar-refractivity contribution in [3.63, 3.8) is 0 Å². The molecule has 0 heterocycles. The summed E-state index contributed by atoms with van der Waals surface area (Å²) in [6, 6.07) is 5.48. The Bertz CT molecular complexity index is 544. The Morgan fingerprint density at radius 2 is 1.89 bits per heavy atom. The lowest BCUT2D eigenvalue weighted by Gasteiger charge is -2.23. The molecule has 1 unspecified atom stereocenters. The molecule has 0 spiro atoms. The maximum atomic E-state index is 11.6. The predicted molar refractivity (Wildman–Crippen MR) is 78.2 cm³/mol. The van der Waals surface area contributed by atoms with Crippen LogP contribution in [0.3, 0.4) is 0 Å². The number of benzene rings is 1. The highest BCUT2D eigenvalue weighted by Crippen LogP contribution is 2.33. The fraction of sp³-hybridized carbons (Fsp3) is 0.571. The van der Waals surface area contributed by atoms with Crippen molar-refractivity contribution in [3.8, 4) is 5.75 Å². The van der Waals surface area contributed by atoms with Gasteiger partial charge in [0.1, 0.15) is 11.1 Å². The van der Waals surface area contributed by atoms with Crippen molar-refractivity contribution in [1.29, 1.82) is 0 Å². The number of phenols is 1. The average Bonchev–Trinajstić information content (AvgIpc) is 2.24. The van der Waals surface area contributed by atoms with Crippen molar-refractivity contribution in [3.05, 3.63) is 29.3 Å². The highest BCUT2D eigenvalue weighted by Gasteiger charge is 2.24. The third-order valence-corrected chi connectivity index (χ3v) is 4.61. The molecule has 0 fully saturated rings. The highest BCUT2D eigenvalue weighted by atomic mass is 32.2. The van der Waals surface area contributed by atoms with Crippen LogP contribution in [-0.4, -0.2) is 32.2 Å². The summed E-state index contributed by atoms with van der Waals surface area (Å²) in [7, 11) is -1.59. The molecule has 0 aromatic heterocycles. The highest BCUT2D eigenvalue weighted by molar-refractivity contribution is 7.91. The first-order valence-corrected chi connectivity index (χ1v) is 8.20. The van der Waals surface area contributed by atoms with Gasteiger partial charge >= 0.3 is 0 Å². The van der Waals surface area contributed by atoms with E-state index in [1.807, 2.05) is 32.9 Å². The van der Waals surface area contributed by atoms with Crippen LogP contribution in [0.25, 0.3) is 0 Å². The molecule has 5 heteroatoms. The first-order chi connectivity index (χ1) is 8.57. The molecule has 0 aliphatic heterocycles. The van der Waals surface area contributed by atoms with E-state index in [9.17, 15) is 13.5 Å². The molecule has 19 heavy (non-hydrogen) atoms. The van der Waals surface area contributed by atoms with Crippen LogP contribution in [0.5, 0.6) is 5.75 Å². The SMILES string of the molecule is CNC(Cc1cccc(C(C)(C)C)c1O)S(C)(=O)=O. The van der Waals surface area contributed by atoms with E-state index in [1.54, 1.807) is 13.1 Å². The molecule has 2 N–H and O–H groups in total. The van der Waals surface area contributed by atoms with E-state index in [2.05, 4.69) is 5.32 Å². The second-order valence-corrected chi connectivity index (χ2v) is 8.10. The summed E-state index contributed by atoms with van der Waals surface area (Å²) in [6.07, 6.45) is 1.45. The molecule has 0 saturated heterocycles. The van der Waals surface area contributed by atoms with Crippen molar-refractivity contribution in [2.24, 2.45) is 0 Å². The van der Waals surface area contributed by atoms with Gasteiger partial charge in [0, 0.05) is 12.7 Å². The molecular formula is C14H23NO3S. The Labute approximate surface area is 115 Å². The van der Waals surface area contributed by atoms with Crippen LogP contribution in [-0.2, 0) is 21.7 Å². The zero-order valence-corrected chi connectivity index (χ0v) is 13.0. The summed E-state index contributed by atoms with van der Waals surface area (Å²) in [5.41, 5.74) is 1.30. The van der Waals surface area contributed by atoms with Crippen LogP contribution < -0.4 is 5.32 Å². The van der Waals surface area contributed by atoms with Crippen molar-refractivity contribution in [2.45, 2.75) is 38.0 Å². The number of hydrogen-bond acceptors (Lipinski definition) is 4. The molecule has 0 saturated carbocycles. The molecule has 0 radical (unpaired) electrons. The van der Waals surface area contributed by atoms with Gasteiger partial charge in [0.15, 0.2) is 9.84 Å². The van der Waals surface area contributed by atoms with Gasteiger partial charge in [-0.2, -0.15) is 0 Å². The molecule has 4 nitrogen and oxygen atoms in total. The maximum Gasteiger partial charge on any atom is 0.163 e. The molecule has 1 atom stereocenters. The molecule has 108 valence electrons. The van der Waals surface area contributed by atoms with Gasteiger partial charge in [0.2, 0.25) is 0 Å². The maximum absolute atomic E-state index is 11.6. The zero-order chi connectivity index (χ0) is 14.8. The molecule has 1 aromatic rings. The van der Waals surface area contributed by atoms with Crippen molar-refractivity contribution < 1.29 is 13.5 Å².